The van der Waals surface area contributed by atoms with E-state index in [0.717, 1.165) is 28.4 Å². The maximum atomic E-state index is 13.6. The zero-order chi connectivity index (χ0) is 24.3. The van der Waals surface area contributed by atoms with E-state index in [-0.39, 0.29) is 5.56 Å². The summed E-state index contributed by atoms with van der Waals surface area (Å²) in [6, 6.07) is 7.83. The molecule has 1 saturated heterocycles. The van der Waals surface area contributed by atoms with Gasteiger partial charge in [-0.1, -0.05) is 18.2 Å². The Bertz CT molecular complexity index is 1180. The third-order valence-corrected chi connectivity index (χ3v) is 5.77. The first-order chi connectivity index (χ1) is 16.3. The number of likely N-dealkylation sites (N-methyl/N-ethyl adjacent to an activating group) is 1. The normalized spacial score (nSPS) is 18.8. The van der Waals surface area contributed by atoms with Gasteiger partial charge in [0, 0.05) is 37.0 Å². The lowest BCUT2D eigenvalue weighted by atomic mass is 10.1. The highest BCUT2D eigenvalue weighted by molar-refractivity contribution is 6.00. The van der Waals surface area contributed by atoms with Gasteiger partial charge in [-0.25, -0.2) is 8.78 Å². The van der Waals surface area contributed by atoms with Crippen molar-refractivity contribution in [1.82, 2.24) is 15.2 Å². The summed E-state index contributed by atoms with van der Waals surface area (Å²) in [4.78, 5) is 32.1. The molecule has 8 nitrogen and oxygen atoms in total. The summed E-state index contributed by atoms with van der Waals surface area (Å²) in [5.74, 6) is -3.62. The minimum absolute atomic E-state index is 0.275. The highest BCUT2D eigenvalue weighted by atomic mass is 19.3. The molecule has 176 valence electrons. The van der Waals surface area contributed by atoms with Crippen LogP contribution in [0.5, 0.6) is 5.75 Å². The molecule has 1 atom stereocenters. The lowest BCUT2D eigenvalue weighted by molar-refractivity contribution is -0.131. The molecule has 1 fully saturated rings. The Kier molecular flexibility index (Phi) is 6.45. The molecule has 4 rings (SSSR count). The van der Waals surface area contributed by atoms with Gasteiger partial charge in [0.2, 0.25) is 5.91 Å². The van der Waals surface area contributed by atoms with E-state index in [4.69, 9.17) is 10.00 Å². The standard InChI is InChI=1S/C24H23F2N5O3/c1-30-8-9-34-21-10-16(3-5-20(21)30)2-4-17-13-28-7-6-19(17)23(33)29-14-22(32)31-15-24(25,26)11-18(31)12-27/h2-7,10,13,18H,8-9,11,14-15H2,1H3,(H,29,33)/b4-2+. The van der Waals surface area contributed by atoms with Gasteiger partial charge in [0.15, 0.2) is 0 Å². The van der Waals surface area contributed by atoms with E-state index in [1.54, 1.807) is 12.1 Å². The minimum atomic E-state index is -3.11. The van der Waals surface area contributed by atoms with Gasteiger partial charge in [0.1, 0.15) is 18.4 Å². The van der Waals surface area contributed by atoms with Gasteiger partial charge in [-0.3, -0.25) is 14.6 Å². The fourth-order valence-corrected chi connectivity index (χ4v) is 3.96. The predicted molar refractivity (Wildman–Crippen MR) is 121 cm³/mol. The van der Waals surface area contributed by atoms with Crippen LogP contribution in [0.3, 0.4) is 0 Å². The number of hydrogen-bond donors (Lipinski definition) is 1. The van der Waals surface area contributed by atoms with E-state index in [1.165, 1.54) is 18.5 Å². The topological polar surface area (TPSA) is 98.6 Å². The molecule has 0 radical (unpaired) electrons. The number of ether oxygens (including phenoxy) is 1. The lowest BCUT2D eigenvalue weighted by Gasteiger charge is -2.27. The summed E-state index contributed by atoms with van der Waals surface area (Å²) < 4.78 is 32.9. The number of amides is 2. The van der Waals surface area contributed by atoms with Crippen LogP contribution >= 0.6 is 0 Å². The number of nitrogens with one attached hydrogen (secondary N) is 1. The Morgan fingerprint density at radius 3 is 2.97 bits per heavy atom. The Hall–Kier alpha value is -4.00. The third kappa shape index (κ3) is 4.98. The molecular formula is C24H23F2N5O3. The number of halogens is 2. The molecule has 2 aliphatic heterocycles. The van der Waals surface area contributed by atoms with Crippen LogP contribution < -0.4 is 15.0 Å². The van der Waals surface area contributed by atoms with E-state index in [0.29, 0.717) is 12.2 Å². The number of anilines is 1. The second-order valence-electron chi connectivity index (χ2n) is 8.20. The minimum Gasteiger partial charge on any atom is -0.490 e. The molecule has 2 aromatic rings. The van der Waals surface area contributed by atoms with Crippen molar-refractivity contribution in [3.63, 3.8) is 0 Å². The molecule has 3 heterocycles. The Morgan fingerprint density at radius 1 is 1.35 bits per heavy atom. The average Bonchev–Trinajstić information content (AvgIpc) is 3.16. The zero-order valence-electron chi connectivity index (χ0n) is 18.5. The van der Waals surface area contributed by atoms with Crippen LogP contribution in [0.25, 0.3) is 12.2 Å². The maximum absolute atomic E-state index is 13.6. The van der Waals surface area contributed by atoms with E-state index >= 15 is 0 Å². The van der Waals surface area contributed by atoms with Crippen molar-refractivity contribution in [3.8, 4) is 11.8 Å². The first-order valence-electron chi connectivity index (χ1n) is 10.7. The maximum Gasteiger partial charge on any atom is 0.268 e. The first kappa shape index (κ1) is 23.2. The van der Waals surface area contributed by atoms with Crippen LogP contribution in [-0.4, -0.2) is 67.0 Å². The van der Waals surface area contributed by atoms with Crippen molar-refractivity contribution in [1.29, 1.82) is 5.26 Å². The number of nitrogens with zero attached hydrogens (tertiary/aromatic N) is 4. The van der Waals surface area contributed by atoms with Crippen molar-refractivity contribution in [2.24, 2.45) is 0 Å². The Morgan fingerprint density at radius 2 is 2.18 bits per heavy atom. The predicted octanol–water partition coefficient (Wildman–Crippen LogP) is 2.57. The van der Waals surface area contributed by atoms with Gasteiger partial charge in [0.05, 0.1) is 31.4 Å². The van der Waals surface area contributed by atoms with Gasteiger partial charge in [-0.15, -0.1) is 0 Å². The molecule has 10 heteroatoms. The summed E-state index contributed by atoms with van der Waals surface area (Å²) in [5, 5.41) is 11.5. The lowest BCUT2D eigenvalue weighted by Crippen LogP contribution is -2.43. The number of likely N-dealkylation sites (tertiary alicyclic amines) is 1. The molecule has 0 spiro atoms. The van der Waals surface area contributed by atoms with Gasteiger partial charge < -0.3 is 19.9 Å². The number of carbonyl (C=O) groups excluding carboxylic acids is 2. The zero-order valence-corrected chi connectivity index (χ0v) is 18.5. The summed E-state index contributed by atoms with van der Waals surface area (Å²) in [7, 11) is 2.00. The molecule has 1 unspecified atom stereocenters. The number of nitriles is 1. The van der Waals surface area contributed by atoms with Crippen molar-refractivity contribution >= 4 is 29.7 Å². The smallest absolute Gasteiger partial charge is 0.268 e. The Labute approximate surface area is 195 Å². The van der Waals surface area contributed by atoms with Gasteiger partial charge >= 0.3 is 0 Å². The summed E-state index contributed by atoms with van der Waals surface area (Å²) in [5.41, 5.74) is 2.67. The fraction of sp³-hybridized carbons (Fsp3) is 0.333. The number of rotatable bonds is 5. The van der Waals surface area contributed by atoms with Crippen LogP contribution in [0.15, 0.2) is 36.7 Å². The molecular weight excluding hydrogens is 444 g/mol. The summed E-state index contributed by atoms with van der Waals surface area (Å²) in [6.45, 7) is 0.0976. The number of carbonyl (C=O) groups is 2. The number of pyridine rings is 1. The van der Waals surface area contributed by atoms with Crippen molar-refractivity contribution in [2.75, 3.05) is 38.2 Å². The van der Waals surface area contributed by atoms with E-state index in [2.05, 4.69) is 15.2 Å². The number of alkyl halides is 2. The van der Waals surface area contributed by atoms with E-state index in [9.17, 15) is 18.4 Å². The average molecular weight is 467 g/mol. The number of aromatic nitrogens is 1. The molecule has 1 aromatic heterocycles. The largest absolute Gasteiger partial charge is 0.490 e. The second kappa shape index (κ2) is 9.47. The fourth-order valence-electron chi connectivity index (χ4n) is 3.96. The molecule has 0 aliphatic carbocycles. The quantitative estimate of drug-likeness (QED) is 0.726. The van der Waals surface area contributed by atoms with Crippen LogP contribution in [0.4, 0.5) is 14.5 Å². The van der Waals surface area contributed by atoms with Gasteiger partial charge in [-0.05, 0) is 23.8 Å². The highest BCUT2D eigenvalue weighted by Gasteiger charge is 2.47. The molecule has 0 bridgehead atoms. The van der Waals surface area contributed by atoms with Crippen molar-refractivity contribution in [3.05, 3.63) is 53.3 Å². The number of benzene rings is 1. The highest BCUT2D eigenvalue weighted by Crippen LogP contribution is 2.32. The summed E-state index contributed by atoms with van der Waals surface area (Å²) >= 11 is 0. The van der Waals surface area contributed by atoms with Crippen LogP contribution in [0, 0.1) is 11.3 Å². The van der Waals surface area contributed by atoms with Crippen LogP contribution in [-0.2, 0) is 4.79 Å². The molecule has 0 saturated carbocycles. The molecule has 1 aromatic carbocycles. The van der Waals surface area contributed by atoms with Crippen molar-refractivity contribution < 1.29 is 23.1 Å². The molecule has 34 heavy (non-hydrogen) atoms. The van der Waals surface area contributed by atoms with E-state index in [1.807, 2.05) is 31.3 Å². The van der Waals surface area contributed by atoms with Gasteiger partial charge in [-0.2, -0.15) is 5.26 Å². The monoisotopic (exact) mass is 467 g/mol. The van der Waals surface area contributed by atoms with Crippen molar-refractivity contribution in [2.45, 2.75) is 18.4 Å². The SMILES string of the molecule is CN1CCOc2cc(/C=C/c3cnccc3C(=O)NCC(=O)N3CC(F)(F)CC3C#N)ccc21. The van der Waals surface area contributed by atoms with Crippen LogP contribution in [0.1, 0.15) is 27.9 Å². The molecule has 2 amide bonds. The number of hydrogen-bond acceptors (Lipinski definition) is 6. The van der Waals surface area contributed by atoms with Crippen LogP contribution in [0.2, 0.25) is 0 Å². The molecule has 2 aliphatic rings. The third-order valence-electron chi connectivity index (χ3n) is 5.77. The van der Waals surface area contributed by atoms with Gasteiger partial charge in [0.25, 0.3) is 11.8 Å². The Balaban J connectivity index is 1.44. The first-order valence-corrected chi connectivity index (χ1v) is 10.7. The molecule has 1 N–H and O–H groups in total. The number of fused-ring (bicyclic) bond motifs is 1. The second-order valence-corrected chi connectivity index (χ2v) is 8.20. The van der Waals surface area contributed by atoms with E-state index < -0.39 is 43.3 Å². The summed E-state index contributed by atoms with van der Waals surface area (Å²) in [6.07, 6.45) is 5.81.